The molecule has 0 saturated heterocycles. The van der Waals surface area contributed by atoms with Crippen LogP contribution in [0.5, 0.6) is 0 Å². The molecule has 0 spiro atoms. The van der Waals surface area contributed by atoms with E-state index in [1.54, 1.807) is 11.1 Å². The van der Waals surface area contributed by atoms with Gasteiger partial charge in [-0.05, 0) is 35.2 Å². The van der Waals surface area contributed by atoms with Gasteiger partial charge in [-0.3, -0.25) is 9.48 Å². The van der Waals surface area contributed by atoms with Gasteiger partial charge in [0.15, 0.2) is 0 Å². The molecule has 0 aromatic carbocycles. The van der Waals surface area contributed by atoms with Crippen molar-refractivity contribution in [1.29, 1.82) is 0 Å². The number of amides is 1. The Morgan fingerprint density at radius 1 is 1.67 bits per heavy atom. The van der Waals surface area contributed by atoms with Gasteiger partial charge in [0.05, 0.1) is 25.0 Å². The largest absolute Gasteiger partial charge is 0.369 e. The zero-order valence-corrected chi connectivity index (χ0v) is 12.2. The molecule has 1 fully saturated rings. The van der Waals surface area contributed by atoms with Crippen molar-refractivity contribution >= 4 is 28.2 Å². The topological polar surface area (TPSA) is 50.5 Å². The number of carbonyl (C=O) groups excluding carboxylic acids is 1. The van der Waals surface area contributed by atoms with Crippen molar-refractivity contribution in [2.75, 3.05) is 14.1 Å². The van der Waals surface area contributed by atoms with Crippen LogP contribution in [0.15, 0.2) is 15.8 Å². The van der Waals surface area contributed by atoms with Crippen molar-refractivity contribution in [3.8, 4) is 0 Å². The molecule has 1 aliphatic rings. The third kappa shape index (κ3) is 2.98. The van der Waals surface area contributed by atoms with Crippen LogP contribution in [0.3, 0.4) is 0 Å². The molecule has 5 nitrogen and oxygen atoms in total. The summed E-state index contributed by atoms with van der Waals surface area (Å²) in [4.78, 5) is 17.2. The lowest BCUT2D eigenvalue weighted by Gasteiger charge is -2.26. The Balaban J connectivity index is 2.01. The molecule has 0 bridgehead atoms. The van der Waals surface area contributed by atoms with Gasteiger partial charge in [-0.15, -0.1) is 0 Å². The Morgan fingerprint density at radius 2 is 2.39 bits per heavy atom. The highest BCUT2D eigenvalue weighted by Crippen LogP contribution is 2.34. The lowest BCUT2D eigenvalue weighted by atomic mass is 9.93. The van der Waals surface area contributed by atoms with E-state index in [1.165, 1.54) is 25.6 Å². The maximum atomic E-state index is 11.6. The van der Waals surface area contributed by atoms with E-state index >= 15 is 0 Å². The first-order valence-corrected chi connectivity index (χ1v) is 6.82. The number of aromatic nitrogens is 2. The monoisotopic (exact) mass is 312 g/mol. The minimum absolute atomic E-state index is 0.155. The standard InChI is InChI=1S/C12H17BrN4O/c1-16(2)8-14-11(18)6-9-7-15-17(12(9)13)10-4-3-5-10/h7-8,10H,3-6H2,1-2H3. The first-order chi connectivity index (χ1) is 8.58. The molecule has 1 amide bonds. The Labute approximate surface area is 115 Å². The fourth-order valence-electron chi connectivity index (χ4n) is 1.78. The summed E-state index contributed by atoms with van der Waals surface area (Å²) in [5.41, 5.74) is 0.905. The van der Waals surface area contributed by atoms with Crippen LogP contribution in [0, 0.1) is 0 Å². The van der Waals surface area contributed by atoms with Gasteiger partial charge in [0.25, 0.3) is 5.91 Å². The number of nitrogens with zero attached hydrogens (tertiary/aromatic N) is 4. The van der Waals surface area contributed by atoms with Crippen LogP contribution in [0.4, 0.5) is 0 Å². The van der Waals surface area contributed by atoms with Gasteiger partial charge in [0.1, 0.15) is 4.60 Å². The van der Waals surface area contributed by atoms with Crippen LogP contribution >= 0.6 is 15.9 Å². The zero-order chi connectivity index (χ0) is 13.1. The molecule has 0 radical (unpaired) electrons. The molecule has 2 rings (SSSR count). The molecule has 98 valence electrons. The van der Waals surface area contributed by atoms with E-state index < -0.39 is 0 Å². The third-order valence-corrected chi connectivity index (χ3v) is 3.87. The van der Waals surface area contributed by atoms with E-state index in [0.29, 0.717) is 6.04 Å². The van der Waals surface area contributed by atoms with Crippen LogP contribution in [0.1, 0.15) is 30.9 Å². The normalized spacial score (nSPS) is 15.9. The van der Waals surface area contributed by atoms with Crippen LogP contribution in [-0.2, 0) is 11.2 Å². The molecule has 1 aliphatic carbocycles. The summed E-state index contributed by atoms with van der Waals surface area (Å²) in [5, 5.41) is 4.34. The van der Waals surface area contributed by atoms with E-state index in [-0.39, 0.29) is 12.3 Å². The van der Waals surface area contributed by atoms with E-state index in [2.05, 4.69) is 26.0 Å². The quantitative estimate of drug-likeness (QED) is 0.631. The summed E-state index contributed by atoms with van der Waals surface area (Å²) in [6, 6.07) is 0.494. The first-order valence-electron chi connectivity index (χ1n) is 6.03. The molecule has 1 aromatic heterocycles. The van der Waals surface area contributed by atoms with Crippen molar-refractivity contribution in [2.24, 2.45) is 4.99 Å². The number of halogens is 1. The molecule has 1 aromatic rings. The second kappa shape index (κ2) is 5.65. The van der Waals surface area contributed by atoms with Gasteiger partial charge in [0, 0.05) is 19.7 Å². The zero-order valence-electron chi connectivity index (χ0n) is 10.6. The van der Waals surface area contributed by atoms with Crippen LogP contribution in [-0.4, -0.2) is 41.0 Å². The summed E-state index contributed by atoms with van der Waals surface area (Å²) in [7, 11) is 3.67. The van der Waals surface area contributed by atoms with Gasteiger partial charge in [-0.2, -0.15) is 5.10 Å². The average Bonchev–Trinajstić information content (AvgIpc) is 2.57. The molecular weight excluding hydrogens is 296 g/mol. The SMILES string of the molecule is CN(C)C=NC(=O)Cc1cnn(C2CCC2)c1Br. The lowest BCUT2D eigenvalue weighted by molar-refractivity contribution is -0.117. The third-order valence-electron chi connectivity index (χ3n) is 3.00. The molecule has 6 heteroatoms. The van der Waals surface area contributed by atoms with Crippen LogP contribution < -0.4 is 0 Å². The molecule has 0 N–H and O–H groups in total. The Bertz CT molecular complexity index is 463. The second-order valence-electron chi connectivity index (χ2n) is 4.77. The second-order valence-corrected chi connectivity index (χ2v) is 5.52. The smallest absolute Gasteiger partial charge is 0.251 e. The number of carbonyl (C=O) groups is 1. The predicted molar refractivity (Wildman–Crippen MR) is 73.7 cm³/mol. The van der Waals surface area contributed by atoms with Gasteiger partial charge >= 0.3 is 0 Å². The fraction of sp³-hybridized carbons (Fsp3) is 0.583. The van der Waals surface area contributed by atoms with Crippen molar-refractivity contribution in [3.63, 3.8) is 0 Å². The average molecular weight is 313 g/mol. The highest BCUT2D eigenvalue weighted by molar-refractivity contribution is 9.10. The van der Waals surface area contributed by atoms with Crippen LogP contribution in [0.25, 0.3) is 0 Å². The Morgan fingerprint density at radius 3 is 2.94 bits per heavy atom. The van der Waals surface area contributed by atoms with E-state index in [9.17, 15) is 4.79 Å². The van der Waals surface area contributed by atoms with E-state index in [0.717, 1.165) is 10.2 Å². The summed E-state index contributed by atoms with van der Waals surface area (Å²) < 4.78 is 2.89. The minimum atomic E-state index is -0.155. The molecule has 0 aliphatic heterocycles. The number of aliphatic imine (C=N–C) groups is 1. The number of hydrogen-bond donors (Lipinski definition) is 0. The van der Waals surface area contributed by atoms with E-state index in [4.69, 9.17) is 0 Å². The number of rotatable bonds is 4. The Hall–Kier alpha value is -1.17. The summed E-state index contributed by atoms with van der Waals surface area (Å²) in [6.45, 7) is 0. The van der Waals surface area contributed by atoms with Crippen molar-refractivity contribution in [2.45, 2.75) is 31.7 Å². The van der Waals surface area contributed by atoms with Gasteiger partial charge in [0.2, 0.25) is 0 Å². The predicted octanol–water partition coefficient (Wildman–Crippen LogP) is 2.03. The Kier molecular flexibility index (Phi) is 4.16. The van der Waals surface area contributed by atoms with Crippen molar-refractivity contribution in [3.05, 3.63) is 16.4 Å². The molecule has 1 saturated carbocycles. The molecule has 18 heavy (non-hydrogen) atoms. The maximum Gasteiger partial charge on any atom is 0.251 e. The summed E-state index contributed by atoms with van der Waals surface area (Å²) in [6.07, 6.45) is 7.17. The first kappa shape index (κ1) is 13.3. The highest BCUT2D eigenvalue weighted by Gasteiger charge is 2.23. The molecule has 1 heterocycles. The minimum Gasteiger partial charge on any atom is -0.369 e. The van der Waals surface area contributed by atoms with Crippen LogP contribution in [0.2, 0.25) is 0 Å². The van der Waals surface area contributed by atoms with Crippen molar-refractivity contribution < 1.29 is 4.79 Å². The van der Waals surface area contributed by atoms with Gasteiger partial charge in [-0.1, -0.05) is 0 Å². The van der Waals surface area contributed by atoms with Gasteiger partial charge < -0.3 is 4.90 Å². The fourth-order valence-corrected chi connectivity index (χ4v) is 2.40. The molecule has 0 unspecified atom stereocenters. The lowest BCUT2D eigenvalue weighted by Crippen LogP contribution is -2.18. The molecular formula is C12H17BrN4O. The van der Waals surface area contributed by atoms with Crippen molar-refractivity contribution in [1.82, 2.24) is 14.7 Å². The van der Waals surface area contributed by atoms with E-state index in [1.807, 2.05) is 18.8 Å². The molecule has 0 atom stereocenters. The summed E-state index contributed by atoms with van der Waals surface area (Å²) >= 11 is 3.52. The summed E-state index contributed by atoms with van der Waals surface area (Å²) in [5.74, 6) is -0.155. The number of hydrogen-bond acceptors (Lipinski definition) is 2. The highest BCUT2D eigenvalue weighted by atomic mass is 79.9. The van der Waals surface area contributed by atoms with Gasteiger partial charge in [-0.25, -0.2) is 4.99 Å². The maximum absolute atomic E-state index is 11.6.